The van der Waals surface area contributed by atoms with Gasteiger partial charge in [-0.15, -0.1) is 0 Å². The molecule has 0 fully saturated rings. The molecule has 0 atom stereocenters. The van der Waals surface area contributed by atoms with Crippen molar-refractivity contribution in [1.82, 2.24) is 14.4 Å². The number of sulfonamides is 1. The summed E-state index contributed by atoms with van der Waals surface area (Å²) in [5.41, 5.74) is 3.41. The van der Waals surface area contributed by atoms with Crippen LogP contribution in [0.5, 0.6) is 0 Å². The van der Waals surface area contributed by atoms with Gasteiger partial charge in [0, 0.05) is 23.5 Å². The van der Waals surface area contributed by atoms with E-state index in [1.165, 1.54) is 12.1 Å². The molecule has 0 aliphatic heterocycles. The maximum absolute atomic E-state index is 11.5. The summed E-state index contributed by atoms with van der Waals surface area (Å²) in [6.45, 7) is 0. The molecule has 2 aromatic heterocycles. The van der Waals surface area contributed by atoms with E-state index in [-0.39, 0.29) is 4.90 Å². The lowest BCUT2D eigenvalue weighted by atomic mass is 10.1. The Bertz CT molecular complexity index is 1150. The largest absolute Gasteiger partial charge is 0.283 e. The number of fused-ring (bicyclic) bond motifs is 1. The van der Waals surface area contributed by atoms with Crippen LogP contribution in [0.25, 0.3) is 28.3 Å². The second-order valence-electron chi connectivity index (χ2n) is 5.53. The summed E-state index contributed by atoms with van der Waals surface area (Å²) < 4.78 is 24.8. The average Bonchev–Trinajstić information content (AvgIpc) is 3.01. The van der Waals surface area contributed by atoms with Crippen molar-refractivity contribution in [2.24, 2.45) is 5.14 Å². The van der Waals surface area contributed by atoms with Gasteiger partial charge in [-0.05, 0) is 18.2 Å². The van der Waals surface area contributed by atoms with E-state index in [2.05, 4.69) is 9.97 Å². The lowest BCUT2D eigenvalue weighted by molar-refractivity contribution is 0.598. The summed E-state index contributed by atoms with van der Waals surface area (Å²) in [5.74, 6) is 0.576. The molecule has 0 radical (unpaired) electrons. The van der Waals surface area contributed by atoms with E-state index >= 15 is 0 Å². The van der Waals surface area contributed by atoms with Gasteiger partial charge in [0.25, 0.3) is 0 Å². The first-order valence-corrected chi connectivity index (χ1v) is 9.10. The third kappa shape index (κ3) is 2.79. The highest BCUT2D eigenvalue weighted by Gasteiger charge is 2.17. The Balaban J connectivity index is 1.97. The maximum atomic E-state index is 11.5. The molecule has 4 aromatic rings. The van der Waals surface area contributed by atoms with Crippen LogP contribution in [0.15, 0.2) is 78.0 Å². The molecule has 4 rings (SSSR count). The monoisotopic (exact) mass is 350 g/mol. The molecule has 7 heteroatoms. The maximum Gasteiger partial charge on any atom is 0.238 e. The fourth-order valence-electron chi connectivity index (χ4n) is 2.76. The van der Waals surface area contributed by atoms with Gasteiger partial charge in [-0.3, -0.25) is 4.40 Å². The molecule has 2 aromatic carbocycles. The summed E-state index contributed by atoms with van der Waals surface area (Å²) in [5, 5.41) is 5.18. The quantitative estimate of drug-likeness (QED) is 0.615. The minimum absolute atomic E-state index is 0.0736. The summed E-state index contributed by atoms with van der Waals surface area (Å²) in [7, 11) is -3.73. The number of hydrogen-bond donors (Lipinski definition) is 1. The molecule has 2 N–H and O–H groups in total. The highest BCUT2D eigenvalue weighted by atomic mass is 32.2. The fraction of sp³-hybridized carbons (Fsp3) is 0. The summed E-state index contributed by atoms with van der Waals surface area (Å²) in [6, 6.07) is 18.1. The van der Waals surface area contributed by atoms with Crippen molar-refractivity contribution in [2.45, 2.75) is 4.90 Å². The smallest absolute Gasteiger partial charge is 0.238 e. The van der Waals surface area contributed by atoms with Gasteiger partial charge < -0.3 is 0 Å². The number of primary sulfonamides is 1. The third-order valence-electron chi connectivity index (χ3n) is 3.91. The van der Waals surface area contributed by atoms with Crippen molar-refractivity contribution in [3.05, 3.63) is 73.1 Å². The molecule has 0 saturated heterocycles. The summed E-state index contributed by atoms with van der Waals surface area (Å²) in [6.07, 6.45) is 3.57. The topological polar surface area (TPSA) is 90.4 Å². The van der Waals surface area contributed by atoms with Crippen LogP contribution >= 0.6 is 0 Å². The number of imidazole rings is 1. The zero-order valence-corrected chi connectivity index (χ0v) is 13.9. The first-order valence-electron chi connectivity index (χ1n) is 7.56. The second-order valence-corrected chi connectivity index (χ2v) is 7.10. The number of nitrogens with zero attached hydrogens (tertiary/aromatic N) is 3. The summed E-state index contributed by atoms with van der Waals surface area (Å²) in [4.78, 5) is 9.02. The summed E-state index contributed by atoms with van der Waals surface area (Å²) >= 11 is 0. The third-order valence-corrected chi connectivity index (χ3v) is 4.84. The number of rotatable bonds is 3. The minimum Gasteiger partial charge on any atom is -0.283 e. The molecule has 0 saturated carbocycles. The van der Waals surface area contributed by atoms with Gasteiger partial charge in [0.05, 0.1) is 16.3 Å². The molecule has 0 amide bonds. The molecule has 2 heterocycles. The fourth-order valence-corrected chi connectivity index (χ4v) is 3.28. The van der Waals surface area contributed by atoms with Crippen LogP contribution in [-0.2, 0) is 10.0 Å². The molecular weight excluding hydrogens is 336 g/mol. The van der Waals surface area contributed by atoms with Crippen LogP contribution in [-0.4, -0.2) is 22.8 Å². The zero-order chi connectivity index (χ0) is 17.4. The predicted octanol–water partition coefficient (Wildman–Crippen LogP) is 2.71. The highest BCUT2D eigenvalue weighted by Crippen LogP contribution is 2.32. The Labute approximate surface area is 144 Å². The molecule has 25 heavy (non-hydrogen) atoms. The lowest BCUT2D eigenvalue weighted by Gasteiger charge is -2.06. The first-order chi connectivity index (χ1) is 12.0. The van der Waals surface area contributed by atoms with Crippen LogP contribution in [0.2, 0.25) is 0 Å². The van der Waals surface area contributed by atoms with Crippen LogP contribution in [0.4, 0.5) is 0 Å². The molecule has 0 unspecified atom stereocenters. The molecule has 0 aliphatic rings. The SMILES string of the molecule is NS(=O)(=O)c1ccc(-c2c(-c3ccccc3)nc3ncccn23)cc1. The van der Waals surface area contributed by atoms with Gasteiger partial charge >= 0.3 is 0 Å². The van der Waals surface area contributed by atoms with Crippen molar-refractivity contribution in [3.8, 4) is 22.5 Å². The van der Waals surface area contributed by atoms with Crippen molar-refractivity contribution in [1.29, 1.82) is 0 Å². The standard InChI is InChI=1S/C18H14N4O2S/c19-25(23,24)15-9-7-14(8-10-15)17-16(13-5-2-1-3-6-13)21-18-20-11-4-12-22(17)18/h1-12H,(H2,19,23,24). The van der Waals surface area contributed by atoms with E-state index in [1.807, 2.05) is 47.0 Å². The second kappa shape index (κ2) is 5.80. The highest BCUT2D eigenvalue weighted by molar-refractivity contribution is 7.89. The van der Waals surface area contributed by atoms with Crippen LogP contribution < -0.4 is 5.14 Å². The Morgan fingerprint density at radius 1 is 0.880 bits per heavy atom. The number of aromatic nitrogens is 3. The Morgan fingerprint density at radius 3 is 2.28 bits per heavy atom. The van der Waals surface area contributed by atoms with Gasteiger partial charge in [0.15, 0.2) is 0 Å². The molecular formula is C18H14N4O2S. The number of hydrogen-bond acceptors (Lipinski definition) is 4. The van der Waals surface area contributed by atoms with Gasteiger partial charge in [0.2, 0.25) is 15.8 Å². The van der Waals surface area contributed by atoms with E-state index in [4.69, 9.17) is 5.14 Å². The average molecular weight is 350 g/mol. The molecule has 0 bridgehead atoms. The Morgan fingerprint density at radius 2 is 1.60 bits per heavy atom. The number of nitrogens with two attached hydrogens (primary N) is 1. The lowest BCUT2D eigenvalue weighted by Crippen LogP contribution is -2.11. The van der Waals surface area contributed by atoms with Gasteiger partial charge in [-0.25, -0.2) is 23.5 Å². The minimum atomic E-state index is -3.73. The van der Waals surface area contributed by atoms with E-state index in [1.54, 1.807) is 18.3 Å². The van der Waals surface area contributed by atoms with Gasteiger partial charge in [0.1, 0.15) is 0 Å². The Kier molecular flexibility index (Phi) is 3.60. The van der Waals surface area contributed by atoms with Crippen LogP contribution in [0, 0.1) is 0 Å². The molecule has 0 spiro atoms. The van der Waals surface area contributed by atoms with Crippen molar-refractivity contribution in [3.63, 3.8) is 0 Å². The van der Waals surface area contributed by atoms with Crippen molar-refractivity contribution in [2.75, 3.05) is 0 Å². The first kappa shape index (κ1) is 15.5. The van der Waals surface area contributed by atoms with E-state index in [0.29, 0.717) is 5.78 Å². The van der Waals surface area contributed by atoms with Crippen molar-refractivity contribution < 1.29 is 8.42 Å². The molecule has 0 aliphatic carbocycles. The number of benzene rings is 2. The van der Waals surface area contributed by atoms with E-state index < -0.39 is 10.0 Å². The molecule has 6 nitrogen and oxygen atoms in total. The van der Waals surface area contributed by atoms with Crippen LogP contribution in [0.1, 0.15) is 0 Å². The molecule has 124 valence electrons. The van der Waals surface area contributed by atoms with E-state index in [9.17, 15) is 8.42 Å². The van der Waals surface area contributed by atoms with E-state index in [0.717, 1.165) is 22.5 Å². The predicted molar refractivity (Wildman–Crippen MR) is 95.2 cm³/mol. The van der Waals surface area contributed by atoms with Gasteiger partial charge in [-0.2, -0.15) is 0 Å². The zero-order valence-electron chi connectivity index (χ0n) is 13.1. The van der Waals surface area contributed by atoms with Crippen molar-refractivity contribution >= 4 is 15.8 Å². The van der Waals surface area contributed by atoms with Gasteiger partial charge in [-0.1, -0.05) is 42.5 Å². The normalized spacial score (nSPS) is 11.7. The Hall–Kier alpha value is -3.03. The van der Waals surface area contributed by atoms with Crippen LogP contribution in [0.3, 0.4) is 0 Å².